The van der Waals surface area contributed by atoms with Gasteiger partial charge < -0.3 is 10.8 Å². The Bertz CT molecular complexity index is 241. The van der Waals surface area contributed by atoms with Crippen LogP contribution in [0.25, 0.3) is 0 Å². The van der Waals surface area contributed by atoms with Crippen molar-refractivity contribution in [2.45, 2.75) is 58.5 Å². The molecule has 2 fully saturated rings. The minimum atomic E-state index is -0.160. The quantitative estimate of drug-likeness (QED) is 0.748. The molecule has 0 saturated heterocycles. The fraction of sp³-hybridized carbons (Fsp3) is 1.00. The molecule has 2 heteroatoms. The molecule has 0 spiro atoms. The van der Waals surface area contributed by atoms with Gasteiger partial charge >= 0.3 is 0 Å². The SMILES string of the molecule is CC(C)CC(CN)C(O)CC1CC2CCC1C2. The molecular weight excluding hydrogens is 210 g/mol. The monoisotopic (exact) mass is 239 g/mol. The van der Waals surface area contributed by atoms with Crippen LogP contribution in [-0.2, 0) is 0 Å². The molecular formula is C15H29NO. The lowest BCUT2D eigenvalue weighted by Gasteiger charge is -2.29. The van der Waals surface area contributed by atoms with E-state index in [0.717, 1.165) is 30.6 Å². The standard InChI is InChI=1S/C15H29NO/c1-10(2)5-14(9-16)15(17)8-13-7-11-3-4-12(13)6-11/h10-15,17H,3-9,16H2,1-2H3. The number of aliphatic hydroxyl groups is 1. The van der Waals surface area contributed by atoms with E-state index >= 15 is 0 Å². The summed E-state index contributed by atoms with van der Waals surface area (Å²) >= 11 is 0. The largest absolute Gasteiger partial charge is 0.393 e. The van der Waals surface area contributed by atoms with Gasteiger partial charge in [-0.1, -0.05) is 20.3 Å². The van der Waals surface area contributed by atoms with Gasteiger partial charge in [0.25, 0.3) is 0 Å². The average molecular weight is 239 g/mol. The minimum absolute atomic E-state index is 0.160. The third-order valence-corrected chi connectivity index (χ3v) is 5.05. The lowest BCUT2D eigenvalue weighted by Crippen LogP contribution is -2.32. The Kier molecular flexibility index (Phi) is 4.48. The number of hydrogen-bond acceptors (Lipinski definition) is 2. The number of hydrogen-bond donors (Lipinski definition) is 2. The lowest BCUT2D eigenvalue weighted by molar-refractivity contribution is 0.0643. The smallest absolute Gasteiger partial charge is 0.0583 e. The summed E-state index contributed by atoms with van der Waals surface area (Å²) in [6, 6.07) is 0. The predicted octanol–water partition coefficient (Wildman–Crippen LogP) is 2.79. The highest BCUT2D eigenvalue weighted by Gasteiger charge is 2.40. The fourth-order valence-electron chi connectivity index (χ4n) is 4.18. The van der Waals surface area contributed by atoms with Crippen molar-refractivity contribution < 1.29 is 5.11 Å². The third-order valence-electron chi connectivity index (χ3n) is 5.05. The van der Waals surface area contributed by atoms with Gasteiger partial charge in [-0.05, 0) is 68.2 Å². The maximum Gasteiger partial charge on any atom is 0.0583 e. The second-order valence-corrected chi connectivity index (χ2v) is 6.86. The van der Waals surface area contributed by atoms with Gasteiger partial charge in [0.1, 0.15) is 0 Å². The third kappa shape index (κ3) is 3.23. The van der Waals surface area contributed by atoms with Gasteiger partial charge in [0.2, 0.25) is 0 Å². The van der Waals surface area contributed by atoms with Crippen LogP contribution < -0.4 is 5.73 Å². The average Bonchev–Trinajstić information content (AvgIpc) is 2.87. The van der Waals surface area contributed by atoms with E-state index in [4.69, 9.17) is 5.73 Å². The number of fused-ring (bicyclic) bond motifs is 2. The summed E-state index contributed by atoms with van der Waals surface area (Å²) in [5.41, 5.74) is 5.81. The number of aliphatic hydroxyl groups excluding tert-OH is 1. The fourth-order valence-corrected chi connectivity index (χ4v) is 4.18. The van der Waals surface area contributed by atoms with Crippen LogP contribution in [0.2, 0.25) is 0 Å². The van der Waals surface area contributed by atoms with Gasteiger partial charge in [0.05, 0.1) is 6.10 Å². The Balaban J connectivity index is 1.81. The Labute approximate surface area is 106 Å². The molecule has 2 bridgehead atoms. The van der Waals surface area contributed by atoms with Crippen LogP contribution >= 0.6 is 0 Å². The second-order valence-electron chi connectivity index (χ2n) is 6.86. The topological polar surface area (TPSA) is 46.2 Å². The summed E-state index contributed by atoms with van der Waals surface area (Å²) in [6.45, 7) is 5.07. The van der Waals surface area contributed by atoms with Crippen LogP contribution in [0.1, 0.15) is 52.4 Å². The highest BCUT2D eigenvalue weighted by Crippen LogP contribution is 2.50. The molecule has 0 aromatic rings. The summed E-state index contributed by atoms with van der Waals surface area (Å²) in [6.07, 6.45) is 7.60. The maximum atomic E-state index is 10.4. The zero-order chi connectivity index (χ0) is 12.4. The van der Waals surface area contributed by atoms with Crippen molar-refractivity contribution in [1.82, 2.24) is 0 Å². The highest BCUT2D eigenvalue weighted by molar-refractivity contribution is 4.91. The molecule has 0 aliphatic heterocycles. The van der Waals surface area contributed by atoms with Gasteiger partial charge in [-0.25, -0.2) is 0 Å². The summed E-state index contributed by atoms with van der Waals surface area (Å²) < 4.78 is 0. The Morgan fingerprint density at radius 2 is 2.00 bits per heavy atom. The van der Waals surface area contributed by atoms with E-state index in [1.807, 2.05) is 0 Å². The number of nitrogens with two attached hydrogens (primary N) is 1. The Hall–Kier alpha value is -0.0800. The van der Waals surface area contributed by atoms with Gasteiger partial charge in [0, 0.05) is 0 Å². The summed E-state index contributed by atoms with van der Waals surface area (Å²) in [4.78, 5) is 0. The highest BCUT2D eigenvalue weighted by atomic mass is 16.3. The molecule has 0 aromatic carbocycles. The molecule has 17 heavy (non-hydrogen) atoms. The molecule has 2 saturated carbocycles. The molecule has 2 aliphatic carbocycles. The molecule has 2 aliphatic rings. The molecule has 0 radical (unpaired) electrons. The maximum absolute atomic E-state index is 10.4. The van der Waals surface area contributed by atoms with E-state index in [9.17, 15) is 5.11 Å². The van der Waals surface area contributed by atoms with Crippen molar-refractivity contribution in [2.75, 3.05) is 6.54 Å². The van der Waals surface area contributed by atoms with Crippen LogP contribution in [0.5, 0.6) is 0 Å². The van der Waals surface area contributed by atoms with E-state index in [0.29, 0.717) is 18.4 Å². The van der Waals surface area contributed by atoms with Crippen LogP contribution in [0.4, 0.5) is 0 Å². The van der Waals surface area contributed by atoms with E-state index in [-0.39, 0.29) is 6.10 Å². The summed E-state index contributed by atoms with van der Waals surface area (Å²) in [7, 11) is 0. The van der Waals surface area contributed by atoms with Crippen LogP contribution in [0.15, 0.2) is 0 Å². The van der Waals surface area contributed by atoms with Crippen molar-refractivity contribution in [3.8, 4) is 0 Å². The van der Waals surface area contributed by atoms with Gasteiger partial charge in [-0.15, -0.1) is 0 Å². The molecule has 0 aromatic heterocycles. The molecule has 100 valence electrons. The van der Waals surface area contributed by atoms with Gasteiger partial charge in [-0.2, -0.15) is 0 Å². The molecule has 5 atom stereocenters. The first-order valence-corrected chi connectivity index (χ1v) is 7.48. The van der Waals surface area contributed by atoms with E-state index in [1.165, 1.54) is 25.7 Å². The van der Waals surface area contributed by atoms with Crippen molar-refractivity contribution >= 4 is 0 Å². The summed E-state index contributed by atoms with van der Waals surface area (Å²) in [5.74, 6) is 3.66. The Morgan fingerprint density at radius 3 is 2.47 bits per heavy atom. The molecule has 0 heterocycles. The molecule has 3 N–H and O–H groups in total. The van der Waals surface area contributed by atoms with E-state index in [1.54, 1.807) is 0 Å². The van der Waals surface area contributed by atoms with Crippen molar-refractivity contribution in [2.24, 2.45) is 35.3 Å². The molecule has 2 nitrogen and oxygen atoms in total. The van der Waals surface area contributed by atoms with Crippen molar-refractivity contribution in [3.05, 3.63) is 0 Å². The zero-order valence-corrected chi connectivity index (χ0v) is 11.4. The normalized spacial score (nSPS) is 35.5. The lowest BCUT2D eigenvalue weighted by atomic mass is 9.80. The molecule has 0 amide bonds. The van der Waals surface area contributed by atoms with Gasteiger partial charge in [-0.3, -0.25) is 0 Å². The van der Waals surface area contributed by atoms with Crippen molar-refractivity contribution in [3.63, 3.8) is 0 Å². The van der Waals surface area contributed by atoms with Crippen LogP contribution in [0.3, 0.4) is 0 Å². The van der Waals surface area contributed by atoms with Gasteiger partial charge in [0.15, 0.2) is 0 Å². The predicted molar refractivity (Wildman–Crippen MR) is 71.6 cm³/mol. The first-order valence-electron chi connectivity index (χ1n) is 7.48. The van der Waals surface area contributed by atoms with E-state index in [2.05, 4.69) is 13.8 Å². The first kappa shape index (κ1) is 13.4. The minimum Gasteiger partial charge on any atom is -0.393 e. The van der Waals surface area contributed by atoms with Crippen LogP contribution in [-0.4, -0.2) is 17.8 Å². The number of rotatable bonds is 6. The van der Waals surface area contributed by atoms with Crippen molar-refractivity contribution in [1.29, 1.82) is 0 Å². The Morgan fingerprint density at radius 1 is 1.24 bits per heavy atom. The zero-order valence-electron chi connectivity index (χ0n) is 11.4. The van der Waals surface area contributed by atoms with Crippen LogP contribution in [0, 0.1) is 29.6 Å². The van der Waals surface area contributed by atoms with E-state index < -0.39 is 0 Å². The molecule has 5 unspecified atom stereocenters. The first-order chi connectivity index (χ1) is 8.10. The second kappa shape index (κ2) is 5.71. The molecule has 2 rings (SSSR count). The summed E-state index contributed by atoms with van der Waals surface area (Å²) in [5, 5.41) is 10.4.